The van der Waals surface area contributed by atoms with Gasteiger partial charge < -0.3 is 14.6 Å². The van der Waals surface area contributed by atoms with Gasteiger partial charge in [-0.3, -0.25) is 9.59 Å². The van der Waals surface area contributed by atoms with Crippen LogP contribution in [0.2, 0.25) is 0 Å². The minimum atomic E-state index is -0.759. The van der Waals surface area contributed by atoms with Gasteiger partial charge in [0.2, 0.25) is 0 Å². The molecule has 0 radical (unpaired) electrons. The van der Waals surface area contributed by atoms with E-state index in [1.807, 2.05) is 0 Å². The number of aliphatic hydroxyl groups is 1. The van der Waals surface area contributed by atoms with Crippen LogP contribution in [0.25, 0.3) is 0 Å². The minimum Gasteiger partial charge on any atom is -0.462 e. The van der Waals surface area contributed by atoms with Gasteiger partial charge in [-0.2, -0.15) is 0 Å². The van der Waals surface area contributed by atoms with Crippen molar-refractivity contribution in [1.82, 2.24) is 0 Å². The number of esters is 2. The summed E-state index contributed by atoms with van der Waals surface area (Å²) in [6.45, 7) is 6.46. The molecule has 1 unspecified atom stereocenters. The highest BCUT2D eigenvalue weighted by Crippen LogP contribution is 2.17. The molecule has 0 saturated carbocycles. The zero-order valence-corrected chi connectivity index (χ0v) is 27.7. The molecule has 41 heavy (non-hydrogen) atoms. The molecule has 0 aliphatic carbocycles. The lowest BCUT2D eigenvalue weighted by Gasteiger charge is -2.15. The second kappa shape index (κ2) is 31.8. The van der Waals surface area contributed by atoms with Gasteiger partial charge >= 0.3 is 11.9 Å². The van der Waals surface area contributed by atoms with Crippen molar-refractivity contribution in [3.8, 4) is 0 Å². The van der Waals surface area contributed by atoms with Crippen molar-refractivity contribution in [3.05, 3.63) is 0 Å². The van der Waals surface area contributed by atoms with Crippen molar-refractivity contribution in [3.63, 3.8) is 0 Å². The van der Waals surface area contributed by atoms with E-state index in [9.17, 15) is 14.7 Å². The van der Waals surface area contributed by atoms with Crippen molar-refractivity contribution in [2.75, 3.05) is 13.2 Å². The highest BCUT2D eigenvalue weighted by molar-refractivity contribution is 5.70. The van der Waals surface area contributed by atoms with E-state index >= 15 is 0 Å². The summed E-state index contributed by atoms with van der Waals surface area (Å²) in [5.41, 5.74) is 0. The molecule has 0 aromatic carbocycles. The van der Waals surface area contributed by atoms with Crippen LogP contribution >= 0.6 is 0 Å². The van der Waals surface area contributed by atoms with Crippen LogP contribution < -0.4 is 0 Å². The molecule has 0 aromatic heterocycles. The molecule has 0 bridgehead atoms. The maximum Gasteiger partial charge on any atom is 0.306 e. The fourth-order valence-electron chi connectivity index (χ4n) is 5.29. The molecule has 0 aliphatic rings. The molecule has 0 fully saturated rings. The summed E-state index contributed by atoms with van der Waals surface area (Å²) < 4.78 is 10.5. The van der Waals surface area contributed by atoms with Crippen LogP contribution in [0.4, 0.5) is 0 Å². The molecule has 244 valence electrons. The van der Waals surface area contributed by atoms with E-state index < -0.39 is 6.10 Å². The summed E-state index contributed by atoms with van der Waals surface area (Å²) in [6.07, 6.45) is 31.9. The van der Waals surface area contributed by atoms with Gasteiger partial charge in [0.05, 0.1) is 6.61 Å². The Morgan fingerprint density at radius 2 is 0.951 bits per heavy atom. The zero-order valence-electron chi connectivity index (χ0n) is 27.7. The molecule has 0 aromatic rings. The quantitative estimate of drug-likeness (QED) is 0.0631. The Morgan fingerprint density at radius 3 is 1.37 bits per heavy atom. The highest BCUT2D eigenvalue weighted by Gasteiger charge is 2.16. The molecular formula is C36H70O5. The van der Waals surface area contributed by atoms with E-state index in [1.54, 1.807) is 0 Å². The molecule has 5 nitrogen and oxygen atoms in total. The first-order valence-electron chi connectivity index (χ1n) is 18.0. The second-order valence-corrected chi connectivity index (χ2v) is 12.6. The van der Waals surface area contributed by atoms with Crippen molar-refractivity contribution < 1.29 is 24.2 Å². The average Bonchev–Trinajstić information content (AvgIpc) is 2.97. The van der Waals surface area contributed by atoms with Crippen molar-refractivity contribution in [1.29, 1.82) is 0 Å². The van der Waals surface area contributed by atoms with Crippen molar-refractivity contribution in [2.45, 2.75) is 200 Å². The van der Waals surface area contributed by atoms with Crippen molar-refractivity contribution in [2.24, 2.45) is 5.92 Å². The van der Waals surface area contributed by atoms with Gasteiger partial charge in [0.25, 0.3) is 0 Å². The van der Waals surface area contributed by atoms with Crippen LogP contribution in [0.15, 0.2) is 0 Å². The maximum atomic E-state index is 12.1. The zero-order chi connectivity index (χ0) is 30.2. The first-order chi connectivity index (χ1) is 20.0. The number of unbranched alkanes of at least 4 members (excludes halogenated alkanes) is 21. The summed E-state index contributed by atoms with van der Waals surface area (Å²) in [7, 11) is 0. The number of aliphatic hydroxyl groups excluding tert-OH is 1. The Balaban J connectivity index is 3.41. The van der Waals surface area contributed by atoms with Gasteiger partial charge in [0.1, 0.15) is 6.61 Å². The molecular weight excluding hydrogens is 512 g/mol. The van der Waals surface area contributed by atoms with Crippen LogP contribution in [-0.2, 0) is 19.1 Å². The van der Waals surface area contributed by atoms with E-state index in [1.165, 1.54) is 122 Å². The average molecular weight is 583 g/mol. The fraction of sp³-hybridized carbons (Fsp3) is 0.944. The fourth-order valence-corrected chi connectivity index (χ4v) is 5.29. The monoisotopic (exact) mass is 583 g/mol. The summed E-state index contributed by atoms with van der Waals surface area (Å²) in [4.78, 5) is 23.9. The van der Waals surface area contributed by atoms with Crippen LogP contribution in [-0.4, -0.2) is 36.4 Å². The van der Waals surface area contributed by atoms with Gasteiger partial charge in [-0.05, 0) is 18.8 Å². The Hall–Kier alpha value is -1.10. The largest absolute Gasteiger partial charge is 0.462 e. The molecule has 0 rings (SSSR count). The topological polar surface area (TPSA) is 72.8 Å². The number of ether oxygens (including phenoxy) is 2. The summed E-state index contributed by atoms with van der Waals surface area (Å²) in [5.74, 6) is 0.321. The lowest BCUT2D eigenvalue weighted by molar-refractivity contribution is -0.161. The molecule has 0 amide bonds. The van der Waals surface area contributed by atoms with Gasteiger partial charge in [0, 0.05) is 12.8 Å². The SMILES string of the molecule is CCCCCCCC(=O)OC[C@H](CO)OC(=O)CCCCCCCCCCCCCCCCCCCCC(C)CC. The Bertz CT molecular complexity index is 564. The van der Waals surface area contributed by atoms with E-state index in [4.69, 9.17) is 9.47 Å². The molecule has 0 spiro atoms. The standard InChI is InChI=1S/C36H70O5/c1-4-6-7-22-26-29-35(38)40-32-34(31-37)41-36(39)30-27-24-21-19-17-15-13-11-9-8-10-12-14-16-18-20-23-25-28-33(3)5-2/h33-34,37H,4-32H2,1-3H3/t33?,34-/m0/s1. The van der Waals surface area contributed by atoms with Gasteiger partial charge in [-0.15, -0.1) is 0 Å². The summed E-state index contributed by atoms with van der Waals surface area (Å²) >= 11 is 0. The minimum absolute atomic E-state index is 0.0606. The molecule has 2 atom stereocenters. The predicted octanol–water partition coefficient (Wildman–Crippen LogP) is 10.6. The molecule has 0 aliphatic heterocycles. The lowest BCUT2D eigenvalue weighted by atomic mass is 9.99. The summed E-state index contributed by atoms with van der Waals surface area (Å²) in [5, 5.41) is 9.44. The first-order valence-corrected chi connectivity index (χ1v) is 18.0. The number of rotatable bonds is 32. The van der Waals surface area contributed by atoms with Gasteiger partial charge in [-0.1, -0.05) is 168 Å². The third kappa shape index (κ3) is 30.2. The first kappa shape index (κ1) is 39.9. The Kier molecular flexibility index (Phi) is 31.0. The number of carbonyl (C=O) groups is 2. The molecule has 0 heterocycles. The second-order valence-electron chi connectivity index (χ2n) is 12.6. The maximum absolute atomic E-state index is 12.1. The van der Waals surface area contributed by atoms with Gasteiger partial charge in [-0.25, -0.2) is 0 Å². The van der Waals surface area contributed by atoms with E-state index in [0.29, 0.717) is 12.8 Å². The van der Waals surface area contributed by atoms with Gasteiger partial charge in [0.15, 0.2) is 6.10 Å². The number of carbonyl (C=O) groups excluding carboxylic acids is 2. The number of hydrogen-bond donors (Lipinski definition) is 1. The van der Waals surface area contributed by atoms with E-state index in [2.05, 4.69) is 20.8 Å². The normalized spacial score (nSPS) is 12.8. The number of hydrogen-bond acceptors (Lipinski definition) is 5. The summed E-state index contributed by atoms with van der Waals surface area (Å²) in [6, 6.07) is 0. The van der Waals surface area contributed by atoms with Crippen LogP contribution in [0.3, 0.4) is 0 Å². The third-order valence-corrected chi connectivity index (χ3v) is 8.44. The van der Waals surface area contributed by atoms with E-state index in [0.717, 1.165) is 44.4 Å². The molecule has 0 saturated heterocycles. The predicted molar refractivity (Wildman–Crippen MR) is 173 cm³/mol. The van der Waals surface area contributed by atoms with Crippen LogP contribution in [0.1, 0.15) is 194 Å². The van der Waals surface area contributed by atoms with Crippen molar-refractivity contribution >= 4 is 11.9 Å². The van der Waals surface area contributed by atoms with Crippen LogP contribution in [0.5, 0.6) is 0 Å². The van der Waals surface area contributed by atoms with E-state index in [-0.39, 0.29) is 25.2 Å². The van der Waals surface area contributed by atoms with Crippen LogP contribution in [0, 0.1) is 5.92 Å². The Labute approximate surface area is 255 Å². The third-order valence-electron chi connectivity index (χ3n) is 8.44. The molecule has 1 N–H and O–H groups in total. The lowest BCUT2D eigenvalue weighted by Crippen LogP contribution is -2.28. The molecule has 5 heteroatoms. The Morgan fingerprint density at radius 1 is 0.561 bits per heavy atom. The highest BCUT2D eigenvalue weighted by atomic mass is 16.6. The smallest absolute Gasteiger partial charge is 0.306 e.